The van der Waals surface area contributed by atoms with Crippen molar-refractivity contribution in [2.75, 3.05) is 12.4 Å². The van der Waals surface area contributed by atoms with E-state index in [9.17, 15) is 9.59 Å². The van der Waals surface area contributed by atoms with Crippen LogP contribution in [0.2, 0.25) is 10.0 Å². The maximum absolute atomic E-state index is 12.7. The van der Waals surface area contributed by atoms with Crippen molar-refractivity contribution in [3.63, 3.8) is 0 Å². The maximum atomic E-state index is 12.7. The van der Waals surface area contributed by atoms with Crippen molar-refractivity contribution < 1.29 is 14.3 Å². The second-order valence-corrected chi connectivity index (χ2v) is 9.24. The Bertz CT molecular complexity index is 1250. The number of nitrogens with one attached hydrogen (secondary N) is 2. The number of ether oxygens (including phenoxy) is 1. The molecule has 1 aliphatic carbocycles. The summed E-state index contributed by atoms with van der Waals surface area (Å²) in [5, 5.41) is 7.10. The lowest BCUT2D eigenvalue weighted by Gasteiger charge is -2.23. The van der Waals surface area contributed by atoms with E-state index in [1.807, 2.05) is 36.4 Å². The Morgan fingerprint density at radius 1 is 0.886 bits per heavy atom. The van der Waals surface area contributed by atoms with Gasteiger partial charge in [0.05, 0.1) is 12.7 Å². The van der Waals surface area contributed by atoms with Crippen molar-refractivity contribution in [1.29, 1.82) is 0 Å². The predicted octanol–water partition coefficient (Wildman–Crippen LogP) is 7.59. The van der Waals surface area contributed by atoms with Crippen molar-refractivity contribution in [1.82, 2.24) is 5.32 Å². The quantitative estimate of drug-likeness (QED) is 0.337. The van der Waals surface area contributed by atoms with Crippen LogP contribution in [-0.4, -0.2) is 19.1 Å². The second-order valence-electron chi connectivity index (χ2n) is 8.36. The number of rotatable bonds is 6. The number of para-hydroxylation sites is 1. The van der Waals surface area contributed by atoms with Gasteiger partial charge in [0.15, 0.2) is 0 Å². The summed E-state index contributed by atoms with van der Waals surface area (Å²) in [5.41, 5.74) is 6.50. The molecule has 5 nitrogen and oxygen atoms in total. The minimum Gasteiger partial charge on any atom is -0.465 e. The molecule has 2 amide bonds. The van der Waals surface area contributed by atoms with E-state index in [1.54, 1.807) is 30.3 Å². The number of carbonyl (C=O) groups excluding carboxylic acids is 2. The summed E-state index contributed by atoms with van der Waals surface area (Å²) in [6.07, 6.45) is 4.00. The van der Waals surface area contributed by atoms with Crippen LogP contribution in [0, 0.1) is 0 Å². The van der Waals surface area contributed by atoms with Crippen LogP contribution in [0.25, 0.3) is 11.1 Å². The van der Waals surface area contributed by atoms with Gasteiger partial charge in [0.25, 0.3) is 0 Å². The van der Waals surface area contributed by atoms with Crippen LogP contribution in [-0.2, 0) is 11.3 Å². The lowest BCUT2D eigenvalue weighted by atomic mass is 9.83. The summed E-state index contributed by atoms with van der Waals surface area (Å²) >= 11 is 12.6. The first-order valence-corrected chi connectivity index (χ1v) is 12.2. The first kappa shape index (κ1) is 24.8. The van der Waals surface area contributed by atoms with Crippen LogP contribution in [0.4, 0.5) is 10.5 Å². The van der Waals surface area contributed by atoms with Crippen molar-refractivity contribution in [2.45, 2.75) is 32.2 Å². The monoisotopic (exact) mass is 508 g/mol. The van der Waals surface area contributed by atoms with E-state index in [1.165, 1.54) is 18.3 Å². The van der Waals surface area contributed by atoms with Gasteiger partial charge in [-0.1, -0.05) is 53.5 Å². The van der Waals surface area contributed by atoms with Crippen LogP contribution >= 0.6 is 23.2 Å². The fourth-order valence-corrected chi connectivity index (χ4v) is 4.86. The number of esters is 1. The topological polar surface area (TPSA) is 67.4 Å². The van der Waals surface area contributed by atoms with Gasteiger partial charge in [-0.05, 0) is 84.4 Å². The summed E-state index contributed by atoms with van der Waals surface area (Å²) in [6, 6.07) is 20.1. The number of anilines is 1. The van der Waals surface area contributed by atoms with E-state index in [0.29, 0.717) is 22.2 Å². The van der Waals surface area contributed by atoms with Gasteiger partial charge < -0.3 is 15.4 Å². The van der Waals surface area contributed by atoms with E-state index in [-0.39, 0.29) is 6.03 Å². The van der Waals surface area contributed by atoms with Crippen molar-refractivity contribution in [2.24, 2.45) is 0 Å². The number of carbonyl (C=O) groups is 2. The highest BCUT2D eigenvalue weighted by Crippen LogP contribution is 2.41. The third-order valence-corrected chi connectivity index (χ3v) is 6.44. The highest BCUT2D eigenvalue weighted by Gasteiger charge is 2.19. The van der Waals surface area contributed by atoms with E-state index < -0.39 is 5.97 Å². The Morgan fingerprint density at radius 3 is 2.23 bits per heavy atom. The number of amides is 2. The van der Waals surface area contributed by atoms with Gasteiger partial charge in [-0.25, -0.2) is 9.59 Å². The highest BCUT2D eigenvalue weighted by molar-refractivity contribution is 6.35. The molecular weight excluding hydrogens is 483 g/mol. The zero-order chi connectivity index (χ0) is 24.8. The standard InChI is InChI=1S/C28H26Cl2N2O3/c1-35-27(33)19-12-10-18(11-13-19)17-31-28(34)32-26-9-5-4-8-25(26)24-7-3-2-6-23(24)20-14-21(29)16-22(30)15-20/h4-5,8-16H,2-3,6-7,17H2,1H3,(H2,31,32,34). The van der Waals surface area contributed by atoms with Crippen LogP contribution in [0.3, 0.4) is 0 Å². The molecule has 2 N–H and O–H groups in total. The average Bonchev–Trinajstić information content (AvgIpc) is 2.87. The van der Waals surface area contributed by atoms with E-state index >= 15 is 0 Å². The molecule has 35 heavy (non-hydrogen) atoms. The Morgan fingerprint density at radius 2 is 1.54 bits per heavy atom. The highest BCUT2D eigenvalue weighted by atomic mass is 35.5. The number of halogens is 2. The molecule has 0 aromatic heterocycles. The van der Waals surface area contributed by atoms with Crippen LogP contribution in [0.15, 0.2) is 66.7 Å². The summed E-state index contributed by atoms with van der Waals surface area (Å²) in [5.74, 6) is -0.393. The minimum atomic E-state index is -0.393. The third kappa shape index (κ3) is 6.24. The van der Waals surface area contributed by atoms with Gasteiger partial charge >= 0.3 is 12.0 Å². The van der Waals surface area contributed by atoms with Crippen molar-refractivity contribution in [3.05, 3.63) is 99.0 Å². The lowest BCUT2D eigenvalue weighted by Crippen LogP contribution is -2.28. The van der Waals surface area contributed by atoms with E-state index in [2.05, 4.69) is 10.6 Å². The minimum absolute atomic E-state index is 0.307. The molecule has 0 fully saturated rings. The summed E-state index contributed by atoms with van der Waals surface area (Å²) < 4.78 is 4.71. The Balaban J connectivity index is 1.53. The molecule has 0 aliphatic heterocycles. The van der Waals surface area contributed by atoms with Gasteiger partial charge in [-0.15, -0.1) is 0 Å². The Labute approximate surface area is 215 Å². The van der Waals surface area contributed by atoms with Crippen molar-refractivity contribution in [3.8, 4) is 0 Å². The average molecular weight is 509 g/mol. The van der Waals surface area contributed by atoms with Gasteiger partial charge in [-0.2, -0.15) is 0 Å². The number of methoxy groups -OCH3 is 1. The Kier molecular flexibility index (Phi) is 8.11. The molecule has 4 rings (SSSR count). The molecule has 0 saturated heterocycles. The number of hydrogen-bond donors (Lipinski definition) is 2. The molecule has 7 heteroatoms. The molecule has 0 saturated carbocycles. The zero-order valence-electron chi connectivity index (χ0n) is 19.4. The van der Waals surface area contributed by atoms with Crippen molar-refractivity contribution >= 4 is 52.0 Å². The smallest absolute Gasteiger partial charge is 0.337 e. The van der Waals surface area contributed by atoms with E-state index in [4.69, 9.17) is 27.9 Å². The maximum Gasteiger partial charge on any atom is 0.337 e. The first-order valence-electron chi connectivity index (χ1n) is 11.4. The molecule has 0 spiro atoms. The molecule has 0 radical (unpaired) electrons. The number of hydrogen-bond acceptors (Lipinski definition) is 3. The molecule has 0 bridgehead atoms. The number of allylic oxidation sites excluding steroid dienone is 2. The number of urea groups is 1. The molecule has 3 aromatic rings. The van der Waals surface area contributed by atoms with Crippen LogP contribution < -0.4 is 10.6 Å². The molecule has 0 atom stereocenters. The van der Waals surface area contributed by atoms with Crippen LogP contribution in [0.5, 0.6) is 0 Å². The molecule has 1 aliphatic rings. The number of benzene rings is 3. The lowest BCUT2D eigenvalue weighted by molar-refractivity contribution is 0.0600. The molecule has 0 heterocycles. The first-order chi connectivity index (χ1) is 16.9. The predicted molar refractivity (Wildman–Crippen MR) is 142 cm³/mol. The Hall–Kier alpha value is -3.28. The molecule has 180 valence electrons. The van der Waals surface area contributed by atoms with Gasteiger partial charge in [-0.3, -0.25) is 0 Å². The molecule has 3 aromatic carbocycles. The largest absolute Gasteiger partial charge is 0.465 e. The molecular formula is C28H26Cl2N2O3. The molecule has 0 unspecified atom stereocenters. The summed E-state index contributed by atoms with van der Waals surface area (Å²) in [7, 11) is 1.34. The van der Waals surface area contributed by atoms with Gasteiger partial charge in [0.2, 0.25) is 0 Å². The van der Waals surface area contributed by atoms with Crippen LogP contribution in [0.1, 0.15) is 52.7 Å². The second kappa shape index (κ2) is 11.4. The van der Waals surface area contributed by atoms with E-state index in [0.717, 1.165) is 48.1 Å². The summed E-state index contributed by atoms with van der Waals surface area (Å²) in [4.78, 5) is 24.3. The van der Waals surface area contributed by atoms with Gasteiger partial charge in [0, 0.05) is 27.8 Å². The van der Waals surface area contributed by atoms with Gasteiger partial charge in [0.1, 0.15) is 0 Å². The zero-order valence-corrected chi connectivity index (χ0v) is 20.9. The fourth-order valence-electron chi connectivity index (χ4n) is 4.33. The summed E-state index contributed by atoms with van der Waals surface area (Å²) in [6.45, 7) is 0.324. The normalized spacial score (nSPS) is 13.3. The SMILES string of the molecule is COC(=O)c1ccc(CNC(=O)Nc2ccccc2C2=C(c3cc(Cl)cc(Cl)c3)CCCC2)cc1. The third-order valence-electron chi connectivity index (χ3n) is 6.01. The fraction of sp³-hybridized carbons (Fsp3) is 0.214.